The summed E-state index contributed by atoms with van der Waals surface area (Å²) in [7, 11) is 13.8. The first-order valence-corrected chi connectivity index (χ1v) is 23.7. The zero-order valence-corrected chi connectivity index (χ0v) is 33.6. The highest BCUT2D eigenvalue weighted by Gasteiger charge is 2.41. The predicted octanol–water partition coefficient (Wildman–Crippen LogP) is 9.49. The average Bonchev–Trinajstić information content (AvgIpc) is 3.13. The molecule has 6 unspecified atom stereocenters. The standard InChI is InChI=1S/C42H76N4S2/c1-43(37-21-15-33(16-22-37)13-19-35-25-27-45(3)41-11-7-5-9-39(35)41)29-31-47-48-32-30-44(2)38-23-17-34(18-24-38)14-20-36-26-28-46(4)42-12-8-6-10-40(36)42/h27-28,33-42H,5-26,29-32H2,1-4H3/q+2. The second kappa shape index (κ2) is 19.2. The normalized spacial score (nSPS) is 37.5. The largest absolute Gasteiger partial charge is 0.303 e. The van der Waals surface area contributed by atoms with Crippen LogP contribution in [0.15, 0.2) is 0 Å². The third-order valence-corrected chi connectivity index (χ3v) is 17.5. The Kier molecular flexibility index (Phi) is 15.0. The van der Waals surface area contributed by atoms with Gasteiger partial charge in [-0.15, -0.1) is 0 Å². The van der Waals surface area contributed by atoms with Gasteiger partial charge in [0.2, 0.25) is 0 Å². The van der Waals surface area contributed by atoms with E-state index in [4.69, 9.17) is 0 Å². The van der Waals surface area contributed by atoms with Crippen molar-refractivity contribution in [2.45, 2.75) is 165 Å². The maximum atomic E-state index is 2.71. The Morgan fingerprint density at radius 3 is 1.33 bits per heavy atom. The average molecular weight is 701 g/mol. The van der Waals surface area contributed by atoms with Gasteiger partial charge < -0.3 is 9.80 Å². The summed E-state index contributed by atoms with van der Waals surface area (Å²) in [5, 5.41) is 0. The quantitative estimate of drug-likeness (QED) is 0.0959. The Hall–Kier alpha value is -0.0400. The summed E-state index contributed by atoms with van der Waals surface area (Å²) in [6, 6.07) is 3.38. The summed E-state index contributed by atoms with van der Waals surface area (Å²) < 4.78 is 5.17. The van der Waals surface area contributed by atoms with E-state index in [9.17, 15) is 0 Å². The molecule has 4 saturated carbocycles. The Balaban J connectivity index is 0.773. The SMILES string of the molecule is CN(CCSSCCN(C)C1CCC(CCC2CC=[N+](C)C3CCCCC23)CC1)C1CCC(CCC2CC=[N+](C)C3CCCCC23)CC1. The molecule has 0 spiro atoms. The van der Waals surface area contributed by atoms with Crippen molar-refractivity contribution in [2.75, 3.05) is 52.8 Å². The lowest BCUT2D eigenvalue weighted by Gasteiger charge is -2.38. The number of hydrogen-bond donors (Lipinski definition) is 0. The molecule has 0 bridgehead atoms. The van der Waals surface area contributed by atoms with E-state index in [1.807, 2.05) is 0 Å². The first kappa shape index (κ1) is 37.7. The second-order valence-corrected chi connectivity index (χ2v) is 20.5. The second-order valence-electron chi connectivity index (χ2n) is 17.8. The van der Waals surface area contributed by atoms with Crippen LogP contribution in [0.3, 0.4) is 0 Å². The summed E-state index contributed by atoms with van der Waals surface area (Å²) >= 11 is 0. The predicted molar refractivity (Wildman–Crippen MR) is 212 cm³/mol. The molecular weight excluding hydrogens is 625 g/mol. The van der Waals surface area contributed by atoms with Crippen LogP contribution in [-0.2, 0) is 0 Å². The Morgan fingerprint density at radius 2 is 0.917 bits per heavy atom. The van der Waals surface area contributed by atoms with Crippen LogP contribution in [0, 0.1) is 35.5 Å². The van der Waals surface area contributed by atoms with E-state index in [1.165, 1.54) is 166 Å². The van der Waals surface area contributed by atoms with E-state index < -0.39 is 0 Å². The third-order valence-electron chi connectivity index (χ3n) is 15.1. The topological polar surface area (TPSA) is 12.5 Å². The zero-order chi connectivity index (χ0) is 33.3. The lowest BCUT2D eigenvalue weighted by Crippen LogP contribution is -2.43. The summed E-state index contributed by atoms with van der Waals surface area (Å²) in [6.45, 7) is 2.52. The van der Waals surface area contributed by atoms with Crippen LogP contribution >= 0.6 is 21.6 Å². The van der Waals surface area contributed by atoms with E-state index in [0.717, 1.165) is 59.7 Å². The maximum absolute atomic E-state index is 2.71. The molecule has 0 saturated heterocycles. The molecular formula is C42H76N4S2+2. The van der Waals surface area contributed by atoms with Gasteiger partial charge in [0.1, 0.15) is 26.5 Å². The molecule has 48 heavy (non-hydrogen) atoms. The van der Waals surface area contributed by atoms with Crippen molar-refractivity contribution in [2.24, 2.45) is 35.5 Å². The van der Waals surface area contributed by atoms with Crippen molar-refractivity contribution in [1.82, 2.24) is 9.80 Å². The molecule has 274 valence electrons. The minimum absolute atomic E-state index is 0.833. The lowest BCUT2D eigenvalue weighted by molar-refractivity contribution is -0.555. The fraction of sp³-hybridized carbons (Fsp3) is 0.952. The van der Waals surface area contributed by atoms with Crippen molar-refractivity contribution in [3.63, 3.8) is 0 Å². The molecule has 2 heterocycles. The highest BCUT2D eigenvalue weighted by atomic mass is 33.1. The van der Waals surface area contributed by atoms with Gasteiger partial charge in [-0.1, -0.05) is 47.3 Å². The highest BCUT2D eigenvalue weighted by Crippen LogP contribution is 2.41. The zero-order valence-electron chi connectivity index (χ0n) is 31.9. The smallest absolute Gasteiger partial charge is 0.155 e. The van der Waals surface area contributed by atoms with Crippen LogP contribution in [0.25, 0.3) is 0 Å². The van der Waals surface area contributed by atoms with Crippen molar-refractivity contribution in [3.05, 3.63) is 0 Å². The summed E-state index contributed by atoms with van der Waals surface area (Å²) in [6.07, 6.45) is 37.2. The van der Waals surface area contributed by atoms with Gasteiger partial charge in [-0.3, -0.25) is 0 Å². The Bertz CT molecular complexity index is 935. The first-order valence-electron chi connectivity index (χ1n) is 21.2. The van der Waals surface area contributed by atoms with E-state index in [1.54, 1.807) is 0 Å². The Labute approximate surface area is 305 Å². The fourth-order valence-corrected chi connectivity index (χ4v) is 13.9. The fourth-order valence-electron chi connectivity index (χ4n) is 11.8. The number of rotatable bonds is 15. The van der Waals surface area contributed by atoms with Crippen LogP contribution in [-0.4, -0.2) is 108 Å². The van der Waals surface area contributed by atoms with E-state index in [2.05, 4.69) is 81.2 Å². The molecule has 0 amide bonds. The van der Waals surface area contributed by atoms with Crippen molar-refractivity contribution < 1.29 is 9.15 Å². The van der Waals surface area contributed by atoms with Gasteiger partial charge in [-0.2, -0.15) is 0 Å². The molecule has 6 rings (SSSR count). The Morgan fingerprint density at radius 1 is 0.521 bits per heavy atom. The van der Waals surface area contributed by atoms with E-state index in [0.29, 0.717) is 0 Å². The molecule has 0 aromatic carbocycles. The lowest BCUT2D eigenvalue weighted by atomic mass is 9.70. The third kappa shape index (κ3) is 10.3. The molecule has 0 aromatic heterocycles. The van der Waals surface area contributed by atoms with Crippen molar-refractivity contribution >= 4 is 34.0 Å². The minimum Gasteiger partial charge on any atom is -0.303 e. The highest BCUT2D eigenvalue weighted by molar-refractivity contribution is 8.76. The molecule has 6 aliphatic rings. The molecule has 6 heteroatoms. The molecule has 0 N–H and O–H groups in total. The van der Waals surface area contributed by atoms with Crippen molar-refractivity contribution in [3.8, 4) is 0 Å². The molecule has 6 atom stereocenters. The van der Waals surface area contributed by atoms with Gasteiger partial charge in [-0.05, 0) is 128 Å². The van der Waals surface area contributed by atoms with Gasteiger partial charge in [0.15, 0.2) is 12.1 Å². The molecule has 0 radical (unpaired) electrons. The minimum atomic E-state index is 0.833. The van der Waals surface area contributed by atoms with Gasteiger partial charge in [0.25, 0.3) is 0 Å². The van der Waals surface area contributed by atoms with Gasteiger partial charge in [0, 0.05) is 74.2 Å². The van der Waals surface area contributed by atoms with Gasteiger partial charge in [-0.25, -0.2) is 9.15 Å². The molecule has 4 nitrogen and oxygen atoms in total. The van der Waals surface area contributed by atoms with Crippen molar-refractivity contribution in [1.29, 1.82) is 0 Å². The first-order chi connectivity index (χ1) is 23.5. The molecule has 4 fully saturated rings. The van der Waals surface area contributed by atoms with E-state index >= 15 is 0 Å². The molecule has 4 aliphatic carbocycles. The van der Waals surface area contributed by atoms with Crippen LogP contribution < -0.4 is 0 Å². The van der Waals surface area contributed by atoms with Crippen LogP contribution in [0.2, 0.25) is 0 Å². The maximum Gasteiger partial charge on any atom is 0.155 e. The molecule has 2 aliphatic heterocycles. The van der Waals surface area contributed by atoms with E-state index in [-0.39, 0.29) is 0 Å². The number of nitrogens with zero attached hydrogens (tertiary/aromatic N) is 4. The number of fused-ring (bicyclic) bond motifs is 2. The number of hydrogen-bond acceptors (Lipinski definition) is 4. The molecule has 0 aromatic rings. The van der Waals surface area contributed by atoms with Crippen LogP contribution in [0.5, 0.6) is 0 Å². The summed E-state index contributed by atoms with van der Waals surface area (Å²) in [4.78, 5) is 5.43. The van der Waals surface area contributed by atoms with Gasteiger partial charge in [0.05, 0.1) is 0 Å². The van der Waals surface area contributed by atoms with Crippen LogP contribution in [0.1, 0.15) is 141 Å². The van der Waals surface area contributed by atoms with Crippen LogP contribution in [0.4, 0.5) is 0 Å². The summed E-state index contributed by atoms with van der Waals surface area (Å²) in [5.41, 5.74) is 0. The summed E-state index contributed by atoms with van der Waals surface area (Å²) in [5.74, 6) is 8.48. The monoisotopic (exact) mass is 701 g/mol. The van der Waals surface area contributed by atoms with Gasteiger partial charge >= 0.3 is 0 Å².